The van der Waals surface area contributed by atoms with E-state index in [2.05, 4.69) is 22.1 Å². The molecule has 0 saturated carbocycles. The number of nitrogens with zero attached hydrogens (tertiary/aromatic N) is 2. The van der Waals surface area contributed by atoms with Gasteiger partial charge >= 0.3 is 0 Å². The molecule has 0 aliphatic rings. The molecule has 0 aromatic carbocycles. The van der Waals surface area contributed by atoms with Crippen molar-refractivity contribution in [3.8, 4) is 5.88 Å². The second-order valence-electron chi connectivity index (χ2n) is 3.65. The van der Waals surface area contributed by atoms with Crippen LogP contribution in [0.25, 0.3) is 0 Å². The van der Waals surface area contributed by atoms with Crippen LogP contribution in [0.2, 0.25) is 0 Å². The van der Waals surface area contributed by atoms with Gasteiger partial charge in [-0.1, -0.05) is 6.92 Å². The summed E-state index contributed by atoms with van der Waals surface area (Å²) in [6, 6.07) is 4.00. The lowest BCUT2D eigenvalue weighted by Crippen LogP contribution is -2.31. The molecule has 0 unspecified atom stereocenters. The molecule has 1 aromatic rings. The summed E-state index contributed by atoms with van der Waals surface area (Å²) in [6.45, 7) is 5.21. The van der Waals surface area contributed by atoms with Crippen molar-refractivity contribution < 1.29 is 4.74 Å². The summed E-state index contributed by atoms with van der Waals surface area (Å²) in [6.07, 6.45) is 2.92. The van der Waals surface area contributed by atoms with Gasteiger partial charge in [-0.25, -0.2) is 4.98 Å². The summed E-state index contributed by atoms with van der Waals surface area (Å²) in [5, 5.41) is 3.17. The molecule has 0 radical (unpaired) electrons. The molecule has 0 amide bonds. The van der Waals surface area contributed by atoms with Gasteiger partial charge in [0.25, 0.3) is 0 Å². The highest BCUT2D eigenvalue weighted by Crippen LogP contribution is 2.18. The highest BCUT2D eigenvalue weighted by atomic mass is 16.5. The second-order valence-corrected chi connectivity index (χ2v) is 3.65. The molecule has 0 atom stereocenters. The van der Waals surface area contributed by atoms with Crippen LogP contribution in [-0.2, 0) is 0 Å². The van der Waals surface area contributed by atoms with Crippen LogP contribution in [0.5, 0.6) is 5.88 Å². The van der Waals surface area contributed by atoms with E-state index in [0.29, 0.717) is 5.88 Å². The molecule has 4 heteroatoms. The number of aromatic nitrogens is 1. The van der Waals surface area contributed by atoms with Crippen LogP contribution in [0.15, 0.2) is 18.3 Å². The number of hydrogen-bond donors (Lipinski definition) is 1. The Morgan fingerprint density at radius 1 is 1.44 bits per heavy atom. The van der Waals surface area contributed by atoms with Gasteiger partial charge in [-0.2, -0.15) is 0 Å². The van der Waals surface area contributed by atoms with Crippen molar-refractivity contribution >= 4 is 5.69 Å². The Morgan fingerprint density at radius 3 is 2.88 bits per heavy atom. The quantitative estimate of drug-likeness (QED) is 0.760. The van der Waals surface area contributed by atoms with E-state index >= 15 is 0 Å². The van der Waals surface area contributed by atoms with E-state index in [-0.39, 0.29) is 0 Å². The van der Waals surface area contributed by atoms with Gasteiger partial charge in [-0.05, 0) is 19.5 Å². The van der Waals surface area contributed by atoms with E-state index in [4.69, 9.17) is 4.74 Å². The number of rotatable bonds is 7. The molecule has 1 aromatic heterocycles. The first-order valence-corrected chi connectivity index (χ1v) is 5.71. The molecule has 1 heterocycles. The third-order valence-corrected chi connectivity index (χ3v) is 2.42. The van der Waals surface area contributed by atoms with Gasteiger partial charge in [-0.15, -0.1) is 0 Å². The summed E-state index contributed by atoms with van der Waals surface area (Å²) in [5.41, 5.74) is 1.17. The van der Waals surface area contributed by atoms with Crippen LogP contribution in [0.3, 0.4) is 0 Å². The summed E-state index contributed by atoms with van der Waals surface area (Å²) in [5.74, 6) is 0.670. The summed E-state index contributed by atoms with van der Waals surface area (Å²) >= 11 is 0. The van der Waals surface area contributed by atoms with Gasteiger partial charge in [-0.3, -0.25) is 0 Å². The minimum atomic E-state index is 0.670. The van der Waals surface area contributed by atoms with E-state index in [9.17, 15) is 0 Å². The van der Waals surface area contributed by atoms with E-state index in [1.807, 2.05) is 19.2 Å². The standard InChI is InChI=1S/C12H21N3O/c1-4-8-15(9-7-13-2)11-5-6-14-12(10-11)16-3/h5-6,10,13H,4,7-9H2,1-3H3. The van der Waals surface area contributed by atoms with Crippen molar-refractivity contribution in [3.05, 3.63) is 18.3 Å². The fourth-order valence-corrected chi connectivity index (χ4v) is 1.59. The van der Waals surface area contributed by atoms with Crippen molar-refractivity contribution in [2.75, 3.05) is 38.7 Å². The molecular weight excluding hydrogens is 202 g/mol. The van der Waals surface area contributed by atoms with Crippen molar-refractivity contribution in [2.24, 2.45) is 0 Å². The Morgan fingerprint density at radius 2 is 2.25 bits per heavy atom. The van der Waals surface area contributed by atoms with Crippen molar-refractivity contribution in [3.63, 3.8) is 0 Å². The average Bonchev–Trinajstić information content (AvgIpc) is 2.34. The topological polar surface area (TPSA) is 37.4 Å². The predicted octanol–water partition coefficient (Wildman–Crippen LogP) is 1.53. The normalized spacial score (nSPS) is 10.2. The van der Waals surface area contributed by atoms with Gasteiger partial charge < -0.3 is 15.0 Å². The zero-order valence-corrected chi connectivity index (χ0v) is 10.4. The van der Waals surface area contributed by atoms with E-state index < -0.39 is 0 Å². The van der Waals surface area contributed by atoms with Crippen LogP contribution < -0.4 is 15.0 Å². The lowest BCUT2D eigenvalue weighted by molar-refractivity contribution is 0.398. The molecule has 0 fully saturated rings. The highest BCUT2D eigenvalue weighted by molar-refractivity contribution is 5.48. The maximum atomic E-state index is 5.13. The van der Waals surface area contributed by atoms with Crippen molar-refractivity contribution in [2.45, 2.75) is 13.3 Å². The highest BCUT2D eigenvalue weighted by Gasteiger charge is 2.06. The maximum absolute atomic E-state index is 5.13. The first kappa shape index (κ1) is 12.8. The molecule has 16 heavy (non-hydrogen) atoms. The minimum Gasteiger partial charge on any atom is -0.481 e. The fraction of sp³-hybridized carbons (Fsp3) is 0.583. The molecule has 0 saturated heterocycles. The Labute approximate surface area is 97.6 Å². The maximum Gasteiger partial charge on any atom is 0.214 e. The number of pyridine rings is 1. The SMILES string of the molecule is CCCN(CCNC)c1ccnc(OC)c1. The summed E-state index contributed by atoms with van der Waals surface area (Å²) in [7, 11) is 3.61. The zero-order chi connectivity index (χ0) is 11.8. The Balaban J connectivity index is 2.73. The van der Waals surface area contributed by atoms with Crippen molar-refractivity contribution in [1.82, 2.24) is 10.3 Å². The van der Waals surface area contributed by atoms with E-state index in [1.165, 1.54) is 5.69 Å². The second kappa shape index (κ2) is 7.06. The van der Waals surface area contributed by atoms with E-state index in [0.717, 1.165) is 26.1 Å². The molecule has 4 nitrogen and oxygen atoms in total. The molecule has 1 rings (SSSR count). The lowest BCUT2D eigenvalue weighted by atomic mass is 10.3. The van der Waals surface area contributed by atoms with E-state index in [1.54, 1.807) is 13.3 Å². The fourth-order valence-electron chi connectivity index (χ4n) is 1.59. The van der Waals surface area contributed by atoms with Gasteiger partial charge in [0.05, 0.1) is 7.11 Å². The number of nitrogens with one attached hydrogen (secondary N) is 1. The largest absolute Gasteiger partial charge is 0.481 e. The Kier molecular flexibility index (Phi) is 5.64. The van der Waals surface area contributed by atoms with Crippen LogP contribution in [-0.4, -0.2) is 38.8 Å². The zero-order valence-electron chi connectivity index (χ0n) is 10.4. The van der Waals surface area contributed by atoms with Crippen LogP contribution in [0.1, 0.15) is 13.3 Å². The van der Waals surface area contributed by atoms with Gasteiger partial charge in [0.2, 0.25) is 5.88 Å². The molecule has 0 bridgehead atoms. The number of ether oxygens (including phenoxy) is 1. The number of hydrogen-bond acceptors (Lipinski definition) is 4. The van der Waals surface area contributed by atoms with Gasteiger partial charge in [0.15, 0.2) is 0 Å². The average molecular weight is 223 g/mol. The monoisotopic (exact) mass is 223 g/mol. The number of anilines is 1. The van der Waals surface area contributed by atoms with Gasteiger partial charge in [0, 0.05) is 37.6 Å². The third-order valence-electron chi connectivity index (χ3n) is 2.42. The Hall–Kier alpha value is -1.29. The molecule has 0 aliphatic carbocycles. The van der Waals surface area contributed by atoms with Crippen molar-refractivity contribution in [1.29, 1.82) is 0 Å². The van der Waals surface area contributed by atoms with Gasteiger partial charge in [0.1, 0.15) is 0 Å². The molecule has 0 spiro atoms. The van der Waals surface area contributed by atoms with Crippen LogP contribution in [0, 0.1) is 0 Å². The summed E-state index contributed by atoms with van der Waals surface area (Å²) in [4.78, 5) is 6.45. The summed E-state index contributed by atoms with van der Waals surface area (Å²) < 4.78 is 5.13. The molecular formula is C12H21N3O. The predicted molar refractivity (Wildman–Crippen MR) is 67.2 cm³/mol. The molecule has 0 aliphatic heterocycles. The van der Waals surface area contributed by atoms with Crippen LogP contribution >= 0.6 is 0 Å². The molecule has 90 valence electrons. The number of likely N-dealkylation sites (N-methyl/N-ethyl adjacent to an activating group) is 1. The third kappa shape index (κ3) is 3.70. The molecule has 1 N–H and O–H groups in total. The number of methoxy groups -OCH3 is 1. The minimum absolute atomic E-state index is 0.670. The Bertz CT molecular complexity index is 304. The van der Waals surface area contributed by atoms with Crippen LogP contribution in [0.4, 0.5) is 5.69 Å². The first-order valence-electron chi connectivity index (χ1n) is 5.71. The lowest BCUT2D eigenvalue weighted by Gasteiger charge is -2.24. The first-order chi connectivity index (χ1) is 7.81. The smallest absolute Gasteiger partial charge is 0.214 e.